The lowest BCUT2D eigenvalue weighted by Gasteiger charge is -2.16. The molecule has 1 unspecified atom stereocenters. The van der Waals surface area contributed by atoms with Crippen molar-refractivity contribution in [1.82, 2.24) is 14.8 Å². The van der Waals surface area contributed by atoms with Crippen LogP contribution in [-0.4, -0.2) is 26.4 Å². The molecule has 0 saturated heterocycles. The molecule has 0 saturated carbocycles. The summed E-state index contributed by atoms with van der Waals surface area (Å²) in [6.07, 6.45) is 1.27. The molecule has 1 atom stereocenters. The molecule has 2 aromatic carbocycles. The molecule has 31 heavy (non-hydrogen) atoms. The van der Waals surface area contributed by atoms with Crippen molar-refractivity contribution in [1.29, 1.82) is 0 Å². The number of carbonyl (C=O) groups is 1. The fourth-order valence-corrected chi connectivity index (χ4v) is 3.88. The Bertz CT molecular complexity index is 1070. The highest BCUT2D eigenvalue weighted by molar-refractivity contribution is 7.99. The van der Waals surface area contributed by atoms with Crippen LogP contribution in [0.4, 0.5) is 5.69 Å². The Balaban J connectivity index is 1.69. The molecule has 0 spiro atoms. The van der Waals surface area contributed by atoms with Crippen LogP contribution < -0.4 is 10.1 Å². The number of thioether (sulfide) groups is 1. The van der Waals surface area contributed by atoms with E-state index in [1.54, 1.807) is 48.5 Å². The van der Waals surface area contributed by atoms with E-state index in [-0.39, 0.29) is 11.7 Å². The maximum atomic E-state index is 12.3. The number of aromatic nitrogens is 3. The van der Waals surface area contributed by atoms with Crippen LogP contribution in [0.5, 0.6) is 5.75 Å². The number of halogens is 3. The van der Waals surface area contributed by atoms with Crippen molar-refractivity contribution < 1.29 is 9.53 Å². The SMILES string of the molecule is C=CCn1c(SCC(=O)Nc2ccc(Cl)cc2)nnc1C(C)Oc1cc(Cl)ccc1Cl. The van der Waals surface area contributed by atoms with Crippen LogP contribution in [0.15, 0.2) is 60.3 Å². The molecule has 0 aliphatic rings. The fourth-order valence-electron chi connectivity index (χ4n) is 2.68. The highest BCUT2D eigenvalue weighted by Crippen LogP contribution is 2.32. The predicted molar refractivity (Wildman–Crippen MR) is 127 cm³/mol. The van der Waals surface area contributed by atoms with Crippen LogP contribution in [0.25, 0.3) is 0 Å². The number of nitrogens with one attached hydrogen (secondary N) is 1. The molecule has 1 heterocycles. The molecular weight excluding hydrogens is 479 g/mol. The maximum absolute atomic E-state index is 12.3. The Morgan fingerprint density at radius 1 is 1.19 bits per heavy atom. The molecule has 1 aromatic heterocycles. The standard InChI is InChI=1S/C21H19Cl3N4O2S/c1-3-10-28-20(13(2)30-18-11-15(23)6-9-17(18)24)26-27-21(28)31-12-19(29)25-16-7-4-14(22)5-8-16/h3-9,11,13H,1,10,12H2,2H3,(H,25,29). The summed E-state index contributed by atoms with van der Waals surface area (Å²) in [5, 5.41) is 13.4. The first-order valence-corrected chi connectivity index (χ1v) is 11.3. The highest BCUT2D eigenvalue weighted by Gasteiger charge is 2.20. The molecule has 1 amide bonds. The van der Waals surface area contributed by atoms with Gasteiger partial charge in [0.25, 0.3) is 0 Å². The minimum absolute atomic E-state index is 0.160. The molecule has 6 nitrogen and oxygen atoms in total. The van der Waals surface area contributed by atoms with Gasteiger partial charge in [-0.25, -0.2) is 0 Å². The number of nitrogens with zero attached hydrogens (tertiary/aromatic N) is 3. The quantitative estimate of drug-likeness (QED) is 0.278. The van der Waals surface area contributed by atoms with Crippen molar-refractivity contribution in [3.8, 4) is 5.75 Å². The normalized spacial score (nSPS) is 11.7. The zero-order chi connectivity index (χ0) is 22.4. The monoisotopic (exact) mass is 496 g/mol. The Morgan fingerprint density at radius 2 is 1.90 bits per heavy atom. The summed E-state index contributed by atoms with van der Waals surface area (Å²) < 4.78 is 7.80. The molecule has 0 aliphatic carbocycles. The number of benzene rings is 2. The van der Waals surface area contributed by atoms with Crippen LogP contribution in [-0.2, 0) is 11.3 Å². The summed E-state index contributed by atoms with van der Waals surface area (Å²) in [7, 11) is 0. The van der Waals surface area contributed by atoms with Gasteiger partial charge in [-0.1, -0.05) is 52.6 Å². The van der Waals surface area contributed by atoms with E-state index < -0.39 is 6.10 Å². The van der Waals surface area contributed by atoms with Crippen molar-refractivity contribution in [2.24, 2.45) is 0 Å². The minimum Gasteiger partial charge on any atom is -0.481 e. The Morgan fingerprint density at radius 3 is 2.61 bits per heavy atom. The van der Waals surface area contributed by atoms with Crippen LogP contribution in [0.2, 0.25) is 15.1 Å². The second kappa shape index (κ2) is 10.9. The van der Waals surface area contributed by atoms with Crippen molar-refractivity contribution in [2.45, 2.75) is 24.7 Å². The zero-order valence-electron chi connectivity index (χ0n) is 16.5. The average Bonchev–Trinajstić information content (AvgIpc) is 3.14. The summed E-state index contributed by atoms with van der Waals surface area (Å²) in [4.78, 5) is 12.3. The summed E-state index contributed by atoms with van der Waals surface area (Å²) in [6, 6.07) is 11.9. The Hall–Kier alpha value is -2.19. The topological polar surface area (TPSA) is 69.0 Å². The number of ether oxygens (including phenoxy) is 1. The third kappa shape index (κ3) is 6.40. The summed E-state index contributed by atoms with van der Waals surface area (Å²) >= 11 is 19.4. The molecule has 0 fully saturated rings. The second-order valence-corrected chi connectivity index (χ2v) is 8.64. The molecule has 162 valence electrons. The number of amides is 1. The Labute approximate surface area is 199 Å². The molecule has 3 rings (SSSR count). The van der Waals surface area contributed by atoms with Gasteiger partial charge in [0.15, 0.2) is 17.1 Å². The number of hydrogen-bond donors (Lipinski definition) is 1. The number of allylic oxidation sites excluding steroid dienone is 1. The van der Waals surface area contributed by atoms with E-state index in [1.807, 2.05) is 11.5 Å². The van der Waals surface area contributed by atoms with Crippen molar-refractivity contribution >= 4 is 58.2 Å². The van der Waals surface area contributed by atoms with Crippen LogP contribution >= 0.6 is 46.6 Å². The van der Waals surface area contributed by atoms with Gasteiger partial charge < -0.3 is 10.1 Å². The average molecular weight is 498 g/mol. The second-order valence-electron chi connectivity index (χ2n) is 6.42. The smallest absolute Gasteiger partial charge is 0.234 e. The van der Waals surface area contributed by atoms with Gasteiger partial charge in [-0.05, 0) is 43.3 Å². The lowest BCUT2D eigenvalue weighted by Crippen LogP contribution is -2.15. The third-order valence-electron chi connectivity index (χ3n) is 4.08. The van der Waals surface area contributed by atoms with Crippen LogP contribution in [0.1, 0.15) is 18.9 Å². The van der Waals surface area contributed by atoms with E-state index in [0.29, 0.717) is 44.0 Å². The molecule has 1 N–H and O–H groups in total. The van der Waals surface area contributed by atoms with Crippen molar-refractivity contribution in [3.63, 3.8) is 0 Å². The first-order valence-electron chi connectivity index (χ1n) is 9.21. The summed E-state index contributed by atoms with van der Waals surface area (Å²) in [5.41, 5.74) is 0.670. The van der Waals surface area contributed by atoms with E-state index in [9.17, 15) is 4.79 Å². The number of carbonyl (C=O) groups excluding carboxylic acids is 1. The van der Waals surface area contributed by atoms with Gasteiger partial charge in [0.2, 0.25) is 5.91 Å². The van der Waals surface area contributed by atoms with E-state index >= 15 is 0 Å². The van der Waals surface area contributed by atoms with E-state index in [0.717, 1.165) is 0 Å². The summed E-state index contributed by atoms with van der Waals surface area (Å²) in [6.45, 7) is 6.08. The minimum atomic E-state index is -0.458. The van der Waals surface area contributed by atoms with E-state index in [1.165, 1.54) is 11.8 Å². The van der Waals surface area contributed by atoms with Gasteiger partial charge in [-0.2, -0.15) is 0 Å². The van der Waals surface area contributed by atoms with Crippen molar-refractivity contribution in [3.05, 3.63) is 76.0 Å². The molecule has 3 aromatic rings. The van der Waals surface area contributed by atoms with Gasteiger partial charge in [0, 0.05) is 28.3 Å². The number of anilines is 1. The lowest BCUT2D eigenvalue weighted by molar-refractivity contribution is -0.113. The van der Waals surface area contributed by atoms with Gasteiger partial charge in [-0.3, -0.25) is 9.36 Å². The number of rotatable bonds is 9. The zero-order valence-corrected chi connectivity index (χ0v) is 19.6. The molecule has 0 bridgehead atoms. The van der Waals surface area contributed by atoms with Gasteiger partial charge in [0.05, 0.1) is 10.8 Å². The summed E-state index contributed by atoms with van der Waals surface area (Å²) in [5.74, 6) is 1.02. The van der Waals surface area contributed by atoms with E-state index in [2.05, 4.69) is 22.1 Å². The van der Waals surface area contributed by atoms with Gasteiger partial charge in [-0.15, -0.1) is 16.8 Å². The van der Waals surface area contributed by atoms with Crippen molar-refractivity contribution in [2.75, 3.05) is 11.1 Å². The molecular formula is C21H19Cl3N4O2S. The first-order chi connectivity index (χ1) is 14.9. The third-order valence-corrected chi connectivity index (χ3v) is 5.84. The fraction of sp³-hybridized carbons (Fsp3) is 0.190. The molecule has 10 heteroatoms. The van der Waals surface area contributed by atoms with E-state index in [4.69, 9.17) is 39.5 Å². The largest absolute Gasteiger partial charge is 0.481 e. The van der Waals surface area contributed by atoms with Crippen LogP contribution in [0, 0.1) is 0 Å². The maximum Gasteiger partial charge on any atom is 0.234 e. The Kier molecular flexibility index (Phi) is 8.26. The lowest BCUT2D eigenvalue weighted by atomic mass is 10.3. The van der Waals surface area contributed by atoms with Gasteiger partial charge in [0.1, 0.15) is 5.75 Å². The first kappa shape index (κ1) is 23.5. The predicted octanol–water partition coefficient (Wildman–Crippen LogP) is 6.30. The van der Waals surface area contributed by atoms with Crippen LogP contribution in [0.3, 0.4) is 0 Å². The molecule has 0 radical (unpaired) electrons. The van der Waals surface area contributed by atoms with Gasteiger partial charge >= 0.3 is 0 Å². The highest BCUT2D eigenvalue weighted by atomic mass is 35.5. The molecule has 0 aliphatic heterocycles. The number of hydrogen-bond acceptors (Lipinski definition) is 5.